The molecule has 0 radical (unpaired) electrons. The van der Waals surface area contributed by atoms with Crippen LogP contribution in [0.3, 0.4) is 0 Å². The Morgan fingerprint density at radius 1 is 1.03 bits per heavy atom. The maximum Gasteiger partial charge on any atom is 0.419 e. The summed E-state index contributed by atoms with van der Waals surface area (Å²) >= 11 is 0. The van der Waals surface area contributed by atoms with Crippen molar-refractivity contribution in [2.24, 2.45) is 0 Å². The predicted molar refractivity (Wildman–Crippen MR) is 135 cm³/mol. The average molecular weight is 552 g/mol. The van der Waals surface area contributed by atoms with Crippen molar-refractivity contribution in [3.8, 4) is 5.75 Å². The van der Waals surface area contributed by atoms with Gasteiger partial charge in [0.2, 0.25) is 0 Å². The van der Waals surface area contributed by atoms with Gasteiger partial charge in [-0.15, -0.1) is 0 Å². The first-order chi connectivity index (χ1) is 18.3. The molecular weight excluding hydrogens is 519 g/mol. The second-order valence-corrected chi connectivity index (χ2v) is 9.89. The van der Waals surface area contributed by atoms with Crippen LogP contribution >= 0.6 is 0 Å². The Kier molecular flexibility index (Phi) is 9.10. The van der Waals surface area contributed by atoms with Gasteiger partial charge in [-0.05, 0) is 70.2 Å². The molecule has 1 atom stereocenters. The molecule has 0 aliphatic carbocycles. The largest absolute Gasteiger partial charge is 0.493 e. The van der Waals surface area contributed by atoms with Crippen LogP contribution in [0.2, 0.25) is 0 Å². The van der Waals surface area contributed by atoms with Crippen molar-refractivity contribution in [2.75, 3.05) is 13.2 Å². The number of unbranched alkanes of at least 4 members (excludes halogenated alkanes) is 2. The molecule has 0 saturated carbocycles. The lowest BCUT2D eigenvalue weighted by Gasteiger charge is -2.36. The third-order valence-electron chi connectivity index (χ3n) is 6.47. The average Bonchev–Trinajstić information content (AvgIpc) is 3.14. The Hall–Kier alpha value is -3.80. The van der Waals surface area contributed by atoms with Crippen LogP contribution in [0.1, 0.15) is 61.5 Å². The number of nitrogens with one attached hydrogen (secondary N) is 2. The van der Waals surface area contributed by atoms with Gasteiger partial charge in [-0.2, -0.15) is 13.2 Å². The molecule has 1 fully saturated rings. The zero-order valence-corrected chi connectivity index (χ0v) is 21.9. The van der Waals surface area contributed by atoms with E-state index in [1.807, 2.05) is 35.8 Å². The van der Waals surface area contributed by atoms with Crippen LogP contribution in [0, 0.1) is 0 Å². The topological polar surface area (TPSA) is 117 Å². The molecule has 0 spiro atoms. The summed E-state index contributed by atoms with van der Waals surface area (Å²) in [4.78, 5) is 37.8. The lowest BCUT2D eigenvalue weighted by atomic mass is 10.0. The van der Waals surface area contributed by atoms with Gasteiger partial charge in [-0.3, -0.25) is 25.3 Å². The Bertz CT molecular complexity index is 1190. The first kappa shape index (κ1) is 29.8. The molecule has 1 heterocycles. The number of rotatable bonds is 9. The van der Waals surface area contributed by atoms with Crippen LogP contribution in [-0.2, 0) is 22.1 Å². The summed E-state index contributed by atoms with van der Waals surface area (Å²) in [6.07, 6.45) is -3.13. The van der Waals surface area contributed by atoms with E-state index in [0.29, 0.717) is 12.5 Å². The number of carboxylic acid groups (broad SMARTS) is 1. The summed E-state index contributed by atoms with van der Waals surface area (Å²) in [6, 6.07) is 12.7. The van der Waals surface area contributed by atoms with Crippen molar-refractivity contribution in [1.29, 1.82) is 0 Å². The number of amides is 3. The van der Waals surface area contributed by atoms with Gasteiger partial charge in [0.15, 0.2) is 0 Å². The Labute approximate surface area is 224 Å². The molecule has 1 aliphatic rings. The summed E-state index contributed by atoms with van der Waals surface area (Å²) in [5.74, 6) is -2.34. The minimum absolute atomic E-state index is 0.0799. The van der Waals surface area contributed by atoms with E-state index in [1.54, 1.807) is 0 Å². The second kappa shape index (κ2) is 11.9. The molecule has 1 saturated heterocycles. The highest BCUT2D eigenvalue weighted by Crippen LogP contribution is 2.37. The Balaban J connectivity index is 1.58. The molecule has 3 amide bonds. The minimum atomic E-state index is -4.79. The van der Waals surface area contributed by atoms with E-state index in [4.69, 9.17) is 9.47 Å². The van der Waals surface area contributed by atoms with E-state index < -0.39 is 46.7 Å². The van der Waals surface area contributed by atoms with Crippen LogP contribution in [0.4, 0.5) is 18.0 Å². The number of hydrazine groups is 1. The summed E-state index contributed by atoms with van der Waals surface area (Å²) in [6.45, 7) is 4.03. The SMILES string of the molecule is CC1(C)OCC(C)(C(=O)NNC(=O)c2ccc(OCCCCCc3ccccc3)c(C(F)(F)F)c2)N1C(=O)O. The van der Waals surface area contributed by atoms with Crippen molar-refractivity contribution < 1.29 is 42.1 Å². The predicted octanol–water partition coefficient (Wildman–Crippen LogP) is 4.76. The van der Waals surface area contributed by atoms with E-state index in [2.05, 4.69) is 5.43 Å². The maximum absolute atomic E-state index is 13.7. The Morgan fingerprint density at radius 2 is 1.72 bits per heavy atom. The van der Waals surface area contributed by atoms with Gasteiger partial charge in [-0.1, -0.05) is 30.3 Å². The maximum atomic E-state index is 13.7. The number of aryl methyl sites for hydroxylation is 1. The van der Waals surface area contributed by atoms with Crippen molar-refractivity contribution in [3.63, 3.8) is 0 Å². The third kappa shape index (κ3) is 7.20. The van der Waals surface area contributed by atoms with Crippen molar-refractivity contribution >= 4 is 17.9 Å². The normalized spacial score (nSPS) is 18.5. The number of nitrogens with zero attached hydrogens (tertiary/aromatic N) is 1. The molecule has 212 valence electrons. The standard InChI is InChI=1S/C27H32F3N3O6/c1-25(2)33(24(36)37)26(3,17-39-25)23(35)32-31-22(34)19-13-14-21(20(16-19)27(28,29)30)38-15-9-5-8-12-18-10-6-4-7-11-18/h4,6-7,10-11,13-14,16H,5,8-9,12,15,17H2,1-3H3,(H,31,34)(H,32,35)(H,36,37). The molecule has 9 nitrogen and oxygen atoms in total. The summed E-state index contributed by atoms with van der Waals surface area (Å²) in [5, 5.41) is 9.53. The van der Waals surface area contributed by atoms with Gasteiger partial charge < -0.3 is 14.6 Å². The number of hydrogen-bond acceptors (Lipinski definition) is 5. The molecule has 0 bridgehead atoms. The molecule has 1 aliphatic heterocycles. The highest BCUT2D eigenvalue weighted by Gasteiger charge is 2.56. The molecule has 2 aromatic rings. The van der Waals surface area contributed by atoms with Crippen LogP contribution in [0.25, 0.3) is 0 Å². The van der Waals surface area contributed by atoms with E-state index in [-0.39, 0.29) is 18.8 Å². The first-order valence-corrected chi connectivity index (χ1v) is 12.4. The molecule has 12 heteroatoms. The van der Waals surface area contributed by atoms with Crippen LogP contribution in [0.15, 0.2) is 48.5 Å². The van der Waals surface area contributed by atoms with Crippen LogP contribution in [0.5, 0.6) is 5.75 Å². The van der Waals surface area contributed by atoms with E-state index >= 15 is 0 Å². The third-order valence-corrected chi connectivity index (χ3v) is 6.47. The fraction of sp³-hybridized carbons (Fsp3) is 0.444. The zero-order chi connectivity index (χ0) is 28.8. The summed E-state index contributed by atoms with van der Waals surface area (Å²) < 4.78 is 51.9. The highest BCUT2D eigenvalue weighted by molar-refractivity contribution is 5.97. The fourth-order valence-electron chi connectivity index (χ4n) is 4.42. The van der Waals surface area contributed by atoms with Gasteiger partial charge >= 0.3 is 12.3 Å². The summed E-state index contributed by atoms with van der Waals surface area (Å²) in [7, 11) is 0. The van der Waals surface area contributed by atoms with E-state index in [1.165, 1.54) is 26.3 Å². The molecule has 0 aromatic heterocycles. The second-order valence-electron chi connectivity index (χ2n) is 9.89. The highest BCUT2D eigenvalue weighted by atomic mass is 19.4. The number of halogens is 3. The fourth-order valence-corrected chi connectivity index (χ4v) is 4.42. The number of carbonyl (C=O) groups is 3. The van der Waals surface area contributed by atoms with Crippen molar-refractivity contribution in [3.05, 3.63) is 65.2 Å². The molecular formula is C27H32F3N3O6. The summed E-state index contributed by atoms with van der Waals surface area (Å²) in [5.41, 5.74) is 0.839. The van der Waals surface area contributed by atoms with Crippen LogP contribution in [-0.4, -0.2) is 52.4 Å². The van der Waals surface area contributed by atoms with Gasteiger partial charge in [0, 0.05) is 5.56 Å². The molecule has 2 aromatic carbocycles. The quantitative estimate of drug-likeness (QED) is 0.306. The molecule has 3 rings (SSSR count). The van der Waals surface area contributed by atoms with Gasteiger partial charge in [-0.25, -0.2) is 4.79 Å². The Morgan fingerprint density at radius 3 is 2.36 bits per heavy atom. The first-order valence-electron chi connectivity index (χ1n) is 12.4. The van der Waals surface area contributed by atoms with Crippen LogP contribution < -0.4 is 15.6 Å². The number of benzene rings is 2. The lowest BCUT2D eigenvalue weighted by Crippen LogP contribution is -2.63. The monoisotopic (exact) mass is 551 g/mol. The van der Waals surface area contributed by atoms with Gasteiger partial charge in [0.25, 0.3) is 11.8 Å². The van der Waals surface area contributed by atoms with Crippen molar-refractivity contribution in [2.45, 2.75) is 63.9 Å². The number of hydrogen-bond donors (Lipinski definition) is 3. The number of ether oxygens (including phenoxy) is 2. The number of carbonyl (C=O) groups excluding carboxylic acids is 2. The lowest BCUT2D eigenvalue weighted by molar-refractivity contribution is -0.139. The van der Waals surface area contributed by atoms with Gasteiger partial charge in [0.05, 0.1) is 18.8 Å². The van der Waals surface area contributed by atoms with E-state index in [0.717, 1.165) is 36.3 Å². The van der Waals surface area contributed by atoms with Gasteiger partial charge in [0.1, 0.15) is 17.0 Å². The smallest absolute Gasteiger partial charge is 0.419 e. The molecule has 39 heavy (non-hydrogen) atoms. The molecule has 1 unspecified atom stereocenters. The molecule has 3 N–H and O–H groups in total. The zero-order valence-electron chi connectivity index (χ0n) is 21.9. The number of alkyl halides is 3. The van der Waals surface area contributed by atoms with E-state index in [9.17, 15) is 32.7 Å². The minimum Gasteiger partial charge on any atom is -0.493 e. The van der Waals surface area contributed by atoms with Crippen molar-refractivity contribution in [1.82, 2.24) is 15.8 Å².